The van der Waals surface area contributed by atoms with Crippen LogP contribution in [0.1, 0.15) is 45.4 Å². The topological polar surface area (TPSA) is 64.4 Å². The quantitative estimate of drug-likeness (QED) is 0.656. The maximum atomic E-state index is 11.3. The molecular weight excluding hydrogens is 192 g/mol. The Bertz CT molecular complexity index is 191. The van der Waals surface area contributed by atoms with Crippen LogP contribution in [0.25, 0.3) is 0 Å². The van der Waals surface area contributed by atoms with E-state index in [9.17, 15) is 4.79 Å². The lowest BCUT2D eigenvalue weighted by Crippen LogP contribution is -2.28. The Kier molecular flexibility index (Phi) is 5.65. The molecule has 0 saturated heterocycles. The summed E-state index contributed by atoms with van der Waals surface area (Å²) in [5.41, 5.74) is 7.99. The number of amides is 1. The highest BCUT2D eigenvalue weighted by atomic mass is 16.7. The third-order valence-electron chi connectivity index (χ3n) is 2.91. The number of nitrogens with two attached hydrogens (primary N) is 1. The van der Waals surface area contributed by atoms with Gasteiger partial charge in [0.15, 0.2) is 0 Å². The molecule has 4 nitrogen and oxygen atoms in total. The predicted octanol–water partition coefficient (Wildman–Crippen LogP) is 1.35. The van der Waals surface area contributed by atoms with Crippen LogP contribution in [0.3, 0.4) is 0 Å². The van der Waals surface area contributed by atoms with E-state index in [4.69, 9.17) is 10.6 Å². The van der Waals surface area contributed by atoms with Gasteiger partial charge in [-0.25, -0.2) is 5.48 Å². The number of hydrogen-bond donors (Lipinski definition) is 2. The molecule has 1 rings (SSSR count). The van der Waals surface area contributed by atoms with Gasteiger partial charge in [0.05, 0.1) is 6.10 Å². The maximum Gasteiger partial charge on any atom is 0.243 e. The van der Waals surface area contributed by atoms with Gasteiger partial charge < -0.3 is 5.73 Å². The Morgan fingerprint density at radius 2 is 2.20 bits per heavy atom. The third kappa shape index (κ3) is 5.14. The fourth-order valence-corrected chi connectivity index (χ4v) is 1.70. The Labute approximate surface area is 91.5 Å². The monoisotopic (exact) mass is 214 g/mol. The average Bonchev–Trinajstić information content (AvgIpc) is 2.75. The summed E-state index contributed by atoms with van der Waals surface area (Å²) in [5, 5.41) is 0. The molecule has 1 aliphatic rings. The van der Waals surface area contributed by atoms with Crippen molar-refractivity contribution in [3.8, 4) is 0 Å². The number of nitrogens with one attached hydrogen (secondary N) is 1. The van der Waals surface area contributed by atoms with Crippen LogP contribution in [0.4, 0.5) is 0 Å². The molecule has 88 valence electrons. The second-order valence-corrected chi connectivity index (χ2v) is 4.43. The van der Waals surface area contributed by atoms with Gasteiger partial charge in [-0.15, -0.1) is 0 Å². The summed E-state index contributed by atoms with van der Waals surface area (Å²) in [5.74, 6) is 0.379. The van der Waals surface area contributed by atoms with E-state index in [2.05, 4.69) is 5.48 Å². The fourth-order valence-electron chi connectivity index (χ4n) is 1.70. The first-order valence-corrected chi connectivity index (χ1v) is 5.87. The first-order chi connectivity index (χ1) is 7.22. The van der Waals surface area contributed by atoms with Gasteiger partial charge in [-0.3, -0.25) is 9.63 Å². The highest BCUT2D eigenvalue weighted by molar-refractivity contribution is 5.74. The van der Waals surface area contributed by atoms with Gasteiger partial charge in [-0.1, -0.05) is 19.8 Å². The van der Waals surface area contributed by atoms with Crippen molar-refractivity contribution in [1.82, 2.24) is 5.48 Å². The van der Waals surface area contributed by atoms with Gasteiger partial charge >= 0.3 is 0 Å². The zero-order chi connectivity index (χ0) is 11.1. The summed E-state index contributed by atoms with van der Waals surface area (Å²) in [7, 11) is 0. The van der Waals surface area contributed by atoms with E-state index in [1.54, 1.807) is 0 Å². The molecule has 0 radical (unpaired) electrons. The molecule has 1 amide bonds. The molecule has 1 saturated carbocycles. The van der Waals surface area contributed by atoms with Crippen LogP contribution in [-0.4, -0.2) is 18.6 Å². The average molecular weight is 214 g/mol. The van der Waals surface area contributed by atoms with Crippen LogP contribution >= 0.6 is 0 Å². The van der Waals surface area contributed by atoms with E-state index in [-0.39, 0.29) is 12.0 Å². The van der Waals surface area contributed by atoms with Gasteiger partial charge in [-0.05, 0) is 31.7 Å². The molecule has 0 spiro atoms. The van der Waals surface area contributed by atoms with Gasteiger partial charge in [0.25, 0.3) is 0 Å². The highest BCUT2D eigenvalue weighted by Gasteiger charge is 2.16. The van der Waals surface area contributed by atoms with Crippen molar-refractivity contribution >= 4 is 5.91 Å². The van der Waals surface area contributed by atoms with Crippen LogP contribution in [-0.2, 0) is 9.63 Å². The van der Waals surface area contributed by atoms with Crippen molar-refractivity contribution in [2.45, 2.75) is 51.6 Å². The van der Waals surface area contributed by atoms with Crippen molar-refractivity contribution < 1.29 is 9.63 Å². The van der Waals surface area contributed by atoms with Gasteiger partial charge in [0.2, 0.25) is 5.91 Å². The molecule has 1 unspecified atom stereocenters. The molecule has 15 heavy (non-hydrogen) atoms. The van der Waals surface area contributed by atoms with Crippen molar-refractivity contribution in [3.05, 3.63) is 0 Å². The summed E-state index contributed by atoms with van der Waals surface area (Å²) in [6.45, 7) is 2.68. The lowest BCUT2D eigenvalue weighted by molar-refractivity contribution is -0.138. The lowest BCUT2D eigenvalue weighted by Gasteiger charge is -2.12. The van der Waals surface area contributed by atoms with Crippen LogP contribution in [0, 0.1) is 5.92 Å². The number of carbonyl (C=O) groups is 1. The van der Waals surface area contributed by atoms with Crippen molar-refractivity contribution in [3.63, 3.8) is 0 Å². The van der Waals surface area contributed by atoms with Gasteiger partial charge in [0.1, 0.15) is 0 Å². The molecule has 0 aromatic heterocycles. The molecule has 0 bridgehead atoms. The molecule has 0 heterocycles. The molecular formula is C11H22N2O2. The Morgan fingerprint density at radius 3 is 2.80 bits per heavy atom. The van der Waals surface area contributed by atoms with Crippen LogP contribution in [0.5, 0.6) is 0 Å². The SMILES string of the molecule is CC(CN)CCC(=O)NOC1CCCC1. The molecule has 0 aromatic rings. The molecule has 1 fully saturated rings. The first-order valence-electron chi connectivity index (χ1n) is 5.87. The van der Waals surface area contributed by atoms with Crippen LogP contribution in [0.15, 0.2) is 0 Å². The normalized spacial score (nSPS) is 19.1. The van der Waals surface area contributed by atoms with Crippen molar-refractivity contribution in [2.24, 2.45) is 11.7 Å². The minimum atomic E-state index is -0.0257. The Morgan fingerprint density at radius 1 is 1.53 bits per heavy atom. The van der Waals surface area contributed by atoms with E-state index >= 15 is 0 Å². The summed E-state index contributed by atoms with van der Waals surface area (Å²) in [6.07, 6.45) is 6.14. The summed E-state index contributed by atoms with van der Waals surface area (Å²) in [6, 6.07) is 0. The zero-order valence-electron chi connectivity index (χ0n) is 9.50. The molecule has 4 heteroatoms. The Hall–Kier alpha value is -0.610. The summed E-state index contributed by atoms with van der Waals surface area (Å²) in [4.78, 5) is 16.6. The standard InChI is InChI=1S/C11H22N2O2/c1-9(8-12)6-7-11(14)13-15-10-4-2-3-5-10/h9-10H,2-8,12H2,1H3,(H,13,14). The molecule has 0 aromatic carbocycles. The zero-order valence-corrected chi connectivity index (χ0v) is 9.50. The first kappa shape index (κ1) is 12.5. The van der Waals surface area contributed by atoms with Crippen molar-refractivity contribution in [2.75, 3.05) is 6.54 Å². The second-order valence-electron chi connectivity index (χ2n) is 4.43. The highest BCUT2D eigenvalue weighted by Crippen LogP contribution is 2.19. The van der Waals surface area contributed by atoms with E-state index in [0.29, 0.717) is 18.9 Å². The van der Waals surface area contributed by atoms with E-state index in [1.807, 2.05) is 6.92 Å². The summed E-state index contributed by atoms with van der Waals surface area (Å²) >= 11 is 0. The number of hydroxylamine groups is 1. The van der Waals surface area contributed by atoms with E-state index in [1.165, 1.54) is 12.8 Å². The number of hydrogen-bond acceptors (Lipinski definition) is 3. The minimum absolute atomic E-state index is 0.0257. The smallest absolute Gasteiger partial charge is 0.243 e. The molecule has 1 aliphatic carbocycles. The van der Waals surface area contributed by atoms with Gasteiger partial charge in [-0.2, -0.15) is 0 Å². The van der Waals surface area contributed by atoms with Crippen LogP contribution < -0.4 is 11.2 Å². The Balaban J connectivity index is 2.02. The number of rotatable bonds is 6. The molecule has 0 aliphatic heterocycles. The van der Waals surface area contributed by atoms with E-state index in [0.717, 1.165) is 19.3 Å². The third-order valence-corrected chi connectivity index (χ3v) is 2.91. The predicted molar refractivity (Wildman–Crippen MR) is 58.9 cm³/mol. The lowest BCUT2D eigenvalue weighted by atomic mass is 10.1. The van der Waals surface area contributed by atoms with E-state index < -0.39 is 0 Å². The fraction of sp³-hybridized carbons (Fsp3) is 0.909. The van der Waals surface area contributed by atoms with Crippen molar-refractivity contribution in [1.29, 1.82) is 0 Å². The molecule has 1 atom stereocenters. The van der Waals surface area contributed by atoms with Gasteiger partial charge in [0, 0.05) is 6.42 Å². The minimum Gasteiger partial charge on any atom is -0.330 e. The largest absolute Gasteiger partial charge is 0.330 e. The number of carbonyl (C=O) groups excluding carboxylic acids is 1. The summed E-state index contributed by atoms with van der Waals surface area (Å²) < 4.78 is 0. The van der Waals surface area contributed by atoms with Crippen LogP contribution in [0.2, 0.25) is 0 Å². The maximum absolute atomic E-state index is 11.3. The second kappa shape index (κ2) is 6.80. The molecule has 3 N–H and O–H groups in total.